The molecule has 1 saturated heterocycles. The van der Waals surface area contributed by atoms with Gasteiger partial charge in [-0.05, 0) is 24.3 Å². The molecule has 218 valence electrons. The van der Waals surface area contributed by atoms with Crippen molar-refractivity contribution >= 4 is 55.4 Å². The van der Waals surface area contributed by atoms with Crippen molar-refractivity contribution in [1.29, 1.82) is 0 Å². The van der Waals surface area contributed by atoms with E-state index in [1.165, 1.54) is 28.8 Å². The van der Waals surface area contributed by atoms with Crippen LogP contribution in [-0.2, 0) is 4.74 Å². The highest BCUT2D eigenvalue weighted by Crippen LogP contribution is 2.48. The molecule has 2 amide bonds. The highest BCUT2D eigenvalue weighted by Gasteiger charge is 2.47. The number of nitrogens with zero attached hydrogens (tertiary/aromatic N) is 2. The third-order valence-corrected chi connectivity index (χ3v) is 8.11. The van der Waals surface area contributed by atoms with Gasteiger partial charge < -0.3 is 50.0 Å². The molecule has 0 unspecified atom stereocenters. The number of carbonyl (C=O) groups excluding carboxylic acids is 2. The SMILES string of the molecule is O=C1c2c(c3c4ccc(O)cc4n([C@@H]4O[C@H](CO)[C@@H](O)[C@H]4O)c3c3[nH]c4cc(O)ccc4c23)C(=O)N1NC(CO)CO. The fraction of sp³-hybridized carbons (Fsp3) is 0.286. The predicted octanol–water partition coefficient (Wildman–Crippen LogP) is -0.0945. The van der Waals surface area contributed by atoms with Gasteiger partial charge in [-0.15, -0.1) is 0 Å². The van der Waals surface area contributed by atoms with E-state index in [0.717, 1.165) is 5.01 Å². The van der Waals surface area contributed by atoms with Crippen molar-refractivity contribution in [3.05, 3.63) is 47.5 Å². The summed E-state index contributed by atoms with van der Waals surface area (Å²) < 4.78 is 7.40. The zero-order valence-electron chi connectivity index (χ0n) is 21.7. The zero-order valence-corrected chi connectivity index (χ0v) is 21.7. The summed E-state index contributed by atoms with van der Waals surface area (Å²) in [6.07, 6.45) is -5.39. The number of ether oxygens (including phenoxy) is 1. The third kappa shape index (κ3) is 3.45. The van der Waals surface area contributed by atoms with Crippen molar-refractivity contribution < 1.29 is 50.1 Å². The molecule has 14 nitrogen and oxygen atoms in total. The Hall–Kier alpha value is -4.28. The summed E-state index contributed by atoms with van der Waals surface area (Å²) in [6, 6.07) is 7.77. The van der Waals surface area contributed by atoms with Crippen LogP contribution < -0.4 is 5.43 Å². The van der Waals surface area contributed by atoms with Crippen LogP contribution in [0.5, 0.6) is 11.5 Å². The van der Waals surface area contributed by atoms with Crippen molar-refractivity contribution in [2.75, 3.05) is 19.8 Å². The summed E-state index contributed by atoms with van der Waals surface area (Å²) in [7, 11) is 0. The zero-order chi connectivity index (χ0) is 29.6. The first-order chi connectivity index (χ1) is 20.2. The molecule has 4 heterocycles. The lowest BCUT2D eigenvalue weighted by molar-refractivity contribution is -0.0487. The van der Waals surface area contributed by atoms with Crippen LogP contribution in [0.3, 0.4) is 0 Å². The fourth-order valence-electron chi connectivity index (χ4n) is 6.21. The minimum absolute atomic E-state index is 0.0141. The maximum Gasteiger partial charge on any atom is 0.276 e. The second kappa shape index (κ2) is 9.37. The minimum Gasteiger partial charge on any atom is -0.508 e. The van der Waals surface area contributed by atoms with Crippen LogP contribution >= 0.6 is 0 Å². The average Bonchev–Trinajstić information content (AvgIpc) is 3.66. The molecule has 7 rings (SSSR count). The first kappa shape index (κ1) is 26.6. The predicted molar refractivity (Wildman–Crippen MR) is 147 cm³/mol. The number of hydrogen-bond donors (Lipinski definition) is 9. The minimum atomic E-state index is -1.52. The number of carbonyl (C=O) groups is 2. The standard InChI is InChI=1S/C28H26N4O10/c33-7-10(8-34)30-32-26(40)20-18-13-3-1-11(36)5-15(13)29-22(18)23-19(21(20)27(32)41)14-4-2-12(37)6-16(14)31(23)28-25(39)24(38)17(9-35)42-28/h1-6,10,17,24-25,28-30,33-39H,7-9H2/t17-,24-,25-,28-/m1/s1. The normalized spacial score (nSPS) is 22.7. The summed E-state index contributed by atoms with van der Waals surface area (Å²) in [5.41, 5.74) is 3.96. The molecular formula is C28H26N4O10. The number of phenols is 2. The Kier molecular flexibility index (Phi) is 5.93. The Balaban J connectivity index is 1.66. The Morgan fingerprint density at radius 1 is 0.881 bits per heavy atom. The summed E-state index contributed by atoms with van der Waals surface area (Å²) >= 11 is 0. The van der Waals surface area contributed by atoms with E-state index >= 15 is 0 Å². The molecule has 0 bridgehead atoms. The average molecular weight is 579 g/mol. The van der Waals surface area contributed by atoms with E-state index in [9.17, 15) is 45.3 Å². The van der Waals surface area contributed by atoms with Crippen molar-refractivity contribution in [1.82, 2.24) is 20.0 Å². The summed E-state index contributed by atoms with van der Waals surface area (Å²) in [4.78, 5) is 31.2. The number of rotatable bonds is 6. The maximum atomic E-state index is 14.0. The second-order valence-corrected chi connectivity index (χ2v) is 10.5. The summed E-state index contributed by atoms with van der Waals surface area (Å²) in [6.45, 7) is -1.71. The lowest BCUT2D eigenvalue weighted by atomic mass is 9.96. The molecule has 0 spiro atoms. The van der Waals surface area contributed by atoms with Crippen LogP contribution in [0.25, 0.3) is 43.6 Å². The van der Waals surface area contributed by atoms with Crippen molar-refractivity contribution in [2.45, 2.75) is 30.6 Å². The van der Waals surface area contributed by atoms with E-state index in [4.69, 9.17) is 4.74 Å². The first-order valence-electron chi connectivity index (χ1n) is 13.2. The van der Waals surface area contributed by atoms with Crippen LogP contribution in [0.1, 0.15) is 26.9 Å². The van der Waals surface area contributed by atoms with Gasteiger partial charge in [-0.3, -0.25) is 9.59 Å². The van der Waals surface area contributed by atoms with Crippen LogP contribution in [0.2, 0.25) is 0 Å². The van der Waals surface area contributed by atoms with Gasteiger partial charge in [0.25, 0.3) is 11.8 Å². The molecule has 0 aliphatic carbocycles. The Bertz CT molecular complexity index is 1940. The van der Waals surface area contributed by atoms with Gasteiger partial charge in [0.2, 0.25) is 0 Å². The van der Waals surface area contributed by atoms with E-state index in [2.05, 4.69) is 10.4 Å². The monoisotopic (exact) mass is 578 g/mol. The molecule has 9 N–H and O–H groups in total. The summed E-state index contributed by atoms with van der Waals surface area (Å²) in [5, 5.41) is 73.5. The van der Waals surface area contributed by atoms with E-state index < -0.39 is 62.2 Å². The quantitative estimate of drug-likeness (QED) is 0.121. The van der Waals surface area contributed by atoms with Gasteiger partial charge in [0.05, 0.1) is 59.1 Å². The molecule has 2 aromatic heterocycles. The van der Waals surface area contributed by atoms with Crippen LogP contribution in [-0.4, -0.2) is 106 Å². The first-order valence-corrected chi connectivity index (χ1v) is 13.2. The largest absolute Gasteiger partial charge is 0.508 e. The van der Waals surface area contributed by atoms with Crippen LogP contribution in [0, 0.1) is 0 Å². The van der Waals surface area contributed by atoms with Gasteiger partial charge in [0.15, 0.2) is 6.23 Å². The number of aromatic hydroxyl groups is 2. The summed E-state index contributed by atoms with van der Waals surface area (Å²) in [5.74, 6) is -1.71. The molecule has 0 saturated carbocycles. The number of phenolic OH excluding ortho intramolecular Hbond substituents is 2. The highest BCUT2D eigenvalue weighted by molar-refractivity contribution is 6.39. The number of hydrogen-bond acceptors (Lipinski definition) is 11. The molecular weight excluding hydrogens is 552 g/mol. The molecule has 42 heavy (non-hydrogen) atoms. The molecule has 1 fully saturated rings. The number of aliphatic hydroxyl groups is 5. The van der Waals surface area contributed by atoms with Gasteiger partial charge >= 0.3 is 0 Å². The maximum absolute atomic E-state index is 14.0. The molecule has 2 aliphatic heterocycles. The van der Waals surface area contributed by atoms with E-state index in [0.29, 0.717) is 38.2 Å². The number of benzene rings is 3. The number of H-pyrrole nitrogens is 1. The fourth-order valence-corrected chi connectivity index (χ4v) is 6.21. The lowest BCUT2D eigenvalue weighted by Crippen LogP contribution is -2.50. The molecule has 5 aromatic rings. The van der Waals surface area contributed by atoms with Gasteiger partial charge in [0.1, 0.15) is 29.8 Å². The van der Waals surface area contributed by atoms with Crippen LogP contribution in [0.15, 0.2) is 36.4 Å². The lowest BCUT2D eigenvalue weighted by Gasteiger charge is -2.20. The number of fused-ring (bicyclic) bond motifs is 10. The Labute approximate surface area is 235 Å². The highest BCUT2D eigenvalue weighted by atomic mass is 16.6. The van der Waals surface area contributed by atoms with Crippen LogP contribution in [0.4, 0.5) is 0 Å². The third-order valence-electron chi connectivity index (χ3n) is 8.11. The molecule has 2 aliphatic rings. The van der Waals surface area contributed by atoms with Crippen molar-refractivity contribution in [2.24, 2.45) is 0 Å². The van der Waals surface area contributed by atoms with Gasteiger partial charge in [-0.1, -0.05) is 0 Å². The smallest absolute Gasteiger partial charge is 0.276 e. The Morgan fingerprint density at radius 3 is 2.17 bits per heavy atom. The van der Waals surface area contributed by atoms with Gasteiger partial charge in [-0.25, -0.2) is 10.4 Å². The van der Waals surface area contributed by atoms with E-state index in [1.807, 2.05) is 0 Å². The van der Waals surface area contributed by atoms with E-state index in [1.54, 1.807) is 12.1 Å². The molecule has 0 radical (unpaired) electrons. The molecule has 14 heteroatoms. The number of aromatic amines is 1. The van der Waals surface area contributed by atoms with Gasteiger partial charge in [-0.2, -0.15) is 0 Å². The van der Waals surface area contributed by atoms with Gasteiger partial charge in [0, 0.05) is 33.7 Å². The number of hydrazine groups is 1. The second-order valence-electron chi connectivity index (χ2n) is 10.5. The number of aromatic nitrogens is 2. The number of nitrogens with one attached hydrogen (secondary N) is 2. The van der Waals surface area contributed by atoms with Crippen molar-refractivity contribution in [3.8, 4) is 11.5 Å². The topological polar surface area (TPSA) is 221 Å². The van der Waals surface area contributed by atoms with E-state index in [-0.39, 0.29) is 28.0 Å². The molecule has 4 atom stereocenters. The number of amides is 2. The number of imide groups is 1. The number of aliphatic hydroxyl groups excluding tert-OH is 5. The van der Waals surface area contributed by atoms with Crippen molar-refractivity contribution in [3.63, 3.8) is 0 Å². The molecule has 3 aromatic carbocycles. The Morgan fingerprint density at radius 2 is 1.52 bits per heavy atom.